The van der Waals surface area contributed by atoms with E-state index in [0.29, 0.717) is 12.6 Å². The highest BCUT2D eigenvalue weighted by molar-refractivity contribution is 5.37. The Bertz CT molecular complexity index is 864. The first-order valence-corrected chi connectivity index (χ1v) is 9.20. The number of fused-ring (bicyclic) bond motifs is 1. The second kappa shape index (κ2) is 7.85. The van der Waals surface area contributed by atoms with Crippen LogP contribution in [0.4, 0.5) is 0 Å². The summed E-state index contributed by atoms with van der Waals surface area (Å²) in [7, 11) is 0. The second-order valence-corrected chi connectivity index (χ2v) is 6.69. The third kappa shape index (κ3) is 3.71. The molecule has 1 atom stereocenters. The maximum atomic E-state index is 8.93. The number of nitrogens with zero attached hydrogens (tertiary/aromatic N) is 4. The van der Waals surface area contributed by atoms with E-state index in [9.17, 15) is 0 Å². The summed E-state index contributed by atoms with van der Waals surface area (Å²) < 4.78 is 7.35. The molecule has 4 rings (SSSR count). The molecule has 0 amide bonds. The van der Waals surface area contributed by atoms with Crippen molar-refractivity contribution in [3.8, 4) is 5.75 Å². The summed E-state index contributed by atoms with van der Waals surface area (Å²) in [6, 6.07) is 12.5. The molecule has 6 heteroatoms. The number of ether oxygens (including phenoxy) is 1. The number of benzene rings is 1. The first-order valence-electron chi connectivity index (χ1n) is 9.20. The molecule has 1 fully saturated rings. The van der Waals surface area contributed by atoms with Gasteiger partial charge >= 0.3 is 0 Å². The van der Waals surface area contributed by atoms with E-state index in [1.54, 1.807) is 10.7 Å². The molecular formula is C20H24N4O2. The molecule has 2 aromatic heterocycles. The zero-order valence-electron chi connectivity index (χ0n) is 14.8. The third-order valence-corrected chi connectivity index (χ3v) is 4.88. The zero-order chi connectivity index (χ0) is 17.8. The molecule has 1 aliphatic rings. The lowest BCUT2D eigenvalue weighted by atomic mass is 9.98. The lowest BCUT2D eigenvalue weighted by molar-refractivity contribution is 0.137. The largest absolute Gasteiger partial charge is 0.491 e. The summed E-state index contributed by atoms with van der Waals surface area (Å²) in [5.74, 6) is 0.809. The molecule has 1 N–H and O–H groups in total. The lowest BCUT2D eigenvalue weighted by Crippen LogP contribution is -2.33. The first kappa shape index (κ1) is 17.0. The first-order chi connectivity index (χ1) is 12.8. The minimum atomic E-state index is 0.0289. The van der Waals surface area contributed by atoms with Crippen molar-refractivity contribution in [2.75, 3.05) is 19.8 Å². The van der Waals surface area contributed by atoms with Gasteiger partial charge in [-0.2, -0.15) is 5.10 Å². The topological polar surface area (TPSA) is 62.9 Å². The number of hydrogen-bond acceptors (Lipinski definition) is 5. The summed E-state index contributed by atoms with van der Waals surface area (Å²) >= 11 is 0. The van der Waals surface area contributed by atoms with Crippen molar-refractivity contribution >= 4 is 5.65 Å². The maximum Gasteiger partial charge on any atom is 0.155 e. The predicted octanol–water partition coefficient (Wildman–Crippen LogP) is 2.83. The van der Waals surface area contributed by atoms with Gasteiger partial charge in [-0.15, -0.1) is 0 Å². The molecule has 3 heterocycles. The van der Waals surface area contributed by atoms with E-state index in [1.807, 2.05) is 24.4 Å². The van der Waals surface area contributed by atoms with Crippen LogP contribution in [0, 0.1) is 0 Å². The van der Waals surface area contributed by atoms with Gasteiger partial charge in [-0.3, -0.25) is 4.90 Å². The summed E-state index contributed by atoms with van der Waals surface area (Å²) in [5.41, 5.74) is 3.23. The van der Waals surface area contributed by atoms with Crippen LogP contribution in [0.25, 0.3) is 5.65 Å². The zero-order valence-corrected chi connectivity index (χ0v) is 14.8. The van der Waals surface area contributed by atoms with Crippen molar-refractivity contribution in [1.82, 2.24) is 19.5 Å². The summed E-state index contributed by atoms with van der Waals surface area (Å²) in [5, 5.41) is 13.2. The standard InChI is InChI=1S/C20H24N4O2/c25-12-13-26-17-5-3-4-16(14-17)15-23-10-2-1-6-19(23)18-8-11-24-20(22-18)7-9-21-24/h3-5,7-9,11,14,19,25H,1-2,6,10,12-13,15H2/t19-/m0/s1. The summed E-state index contributed by atoms with van der Waals surface area (Å²) in [6.45, 7) is 2.29. The van der Waals surface area contributed by atoms with E-state index in [1.165, 1.54) is 18.4 Å². The van der Waals surface area contributed by atoms with Gasteiger partial charge in [0.2, 0.25) is 0 Å². The van der Waals surface area contributed by atoms with Crippen molar-refractivity contribution in [3.63, 3.8) is 0 Å². The average molecular weight is 352 g/mol. The molecule has 136 valence electrons. The van der Waals surface area contributed by atoms with Gasteiger partial charge in [0, 0.05) is 18.8 Å². The Morgan fingerprint density at radius 1 is 1.19 bits per heavy atom. The van der Waals surface area contributed by atoms with E-state index in [2.05, 4.69) is 28.2 Å². The number of aliphatic hydroxyl groups is 1. The predicted molar refractivity (Wildman–Crippen MR) is 99.0 cm³/mol. The van der Waals surface area contributed by atoms with Crippen LogP contribution < -0.4 is 4.74 Å². The van der Waals surface area contributed by atoms with Gasteiger partial charge in [-0.25, -0.2) is 9.50 Å². The lowest BCUT2D eigenvalue weighted by Gasteiger charge is -2.35. The van der Waals surface area contributed by atoms with Crippen LogP contribution in [0.15, 0.2) is 48.8 Å². The number of aromatic nitrogens is 3. The minimum absolute atomic E-state index is 0.0289. The minimum Gasteiger partial charge on any atom is -0.491 e. The highest BCUT2D eigenvalue weighted by Gasteiger charge is 2.25. The van der Waals surface area contributed by atoms with Gasteiger partial charge in [-0.1, -0.05) is 18.6 Å². The number of rotatable bonds is 6. The average Bonchev–Trinajstić information content (AvgIpc) is 3.15. The van der Waals surface area contributed by atoms with Crippen molar-refractivity contribution in [3.05, 3.63) is 60.0 Å². The molecule has 6 nitrogen and oxygen atoms in total. The van der Waals surface area contributed by atoms with E-state index in [4.69, 9.17) is 14.8 Å². The number of piperidine rings is 1. The second-order valence-electron chi connectivity index (χ2n) is 6.69. The smallest absolute Gasteiger partial charge is 0.155 e. The highest BCUT2D eigenvalue weighted by Crippen LogP contribution is 2.31. The summed E-state index contributed by atoms with van der Waals surface area (Å²) in [4.78, 5) is 7.32. The number of likely N-dealkylation sites (tertiary alicyclic amines) is 1. The Kier molecular flexibility index (Phi) is 5.13. The third-order valence-electron chi connectivity index (χ3n) is 4.88. The van der Waals surface area contributed by atoms with Crippen LogP contribution in [0.3, 0.4) is 0 Å². The van der Waals surface area contributed by atoms with Crippen LogP contribution in [-0.2, 0) is 6.54 Å². The monoisotopic (exact) mass is 352 g/mol. The van der Waals surface area contributed by atoms with Crippen LogP contribution in [-0.4, -0.2) is 44.4 Å². The van der Waals surface area contributed by atoms with Gasteiger partial charge in [0.25, 0.3) is 0 Å². The van der Waals surface area contributed by atoms with Gasteiger partial charge in [0.1, 0.15) is 12.4 Å². The van der Waals surface area contributed by atoms with Crippen LogP contribution in [0.2, 0.25) is 0 Å². The molecular weight excluding hydrogens is 328 g/mol. The van der Waals surface area contributed by atoms with Gasteiger partial charge < -0.3 is 9.84 Å². The molecule has 0 saturated carbocycles. The van der Waals surface area contributed by atoms with E-state index in [0.717, 1.165) is 36.6 Å². The Morgan fingerprint density at radius 2 is 2.15 bits per heavy atom. The van der Waals surface area contributed by atoms with E-state index >= 15 is 0 Å². The normalized spacial score (nSPS) is 18.3. The van der Waals surface area contributed by atoms with Gasteiger partial charge in [0.15, 0.2) is 5.65 Å². The Morgan fingerprint density at radius 3 is 3.08 bits per heavy atom. The molecule has 0 spiro atoms. The molecule has 1 aromatic carbocycles. The number of aliphatic hydroxyl groups excluding tert-OH is 1. The van der Waals surface area contributed by atoms with Crippen molar-refractivity contribution in [2.24, 2.45) is 0 Å². The van der Waals surface area contributed by atoms with Gasteiger partial charge in [-0.05, 0) is 43.1 Å². The fourth-order valence-electron chi connectivity index (χ4n) is 3.66. The van der Waals surface area contributed by atoms with Crippen molar-refractivity contribution < 1.29 is 9.84 Å². The molecule has 0 radical (unpaired) electrons. The fraction of sp³-hybridized carbons (Fsp3) is 0.400. The van der Waals surface area contributed by atoms with Gasteiger partial charge in [0.05, 0.1) is 24.5 Å². The molecule has 0 bridgehead atoms. The van der Waals surface area contributed by atoms with E-state index < -0.39 is 0 Å². The maximum absolute atomic E-state index is 8.93. The van der Waals surface area contributed by atoms with Crippen LogP contribution >= 0.6 is 0 Å². The molecule has 26 heavy (non-hydrogen) atoms. The Hall–Kier alpha value is -2.44. The van der Waals surface area contributed by atoms with Crippen molar-refractivity contribution in [1.29, 1.82) is 0 Å². The van der Waals surface area contributed by atoms with Crippen LogP contribution in [0.1, 0.15) is 36.6 Å². The Labute approximate surface area is 153 Å². The molecule has 0 aliphatic carbocycles. The quantitative estimate of drug-likeness (QED) is 0.739. The molecule has 3 aromatic rings. The highest BCUT2D eigenvalue weighted by atomic mass is 16.5. The van der Waals surface area contributed by atoms with E-state index in [-0.39, 0.29) is 6.61 Å². The number of hydrogen-bond donors (Lipinski definition) is 1. The molecule has 1 saturated heterocycles. The van der Waals surface area contributed by atoms with Crippen molar-refractivity contribution in [2.45, 2.75) is 31.8 Å². The van der Waals surface area contributed by atoms with Crippen LogP contribution in [0.5, 0.6) is 5.75 Å². The Balaban J connectivity index is 1.54. The molecule has 0 unspecified atom stereocenters. The fourth-order valence-corrected chi connectivity index (χ4v) is 3.66. The summed E-state index contributed by atoms with van der Waals surface area (Å²) in [6.07, 6.45) is 7.34. The molecule has 1 aliphatic heterocycles. The SMILES string of the molecule is OCCOc1cccc(CN2CCCC[C@H]2c2ccn3nccc3n2)c1.